The van der Waals surface area contributed by atoms with Crippen molar-refractivity contribution in [3.8, 4) is 0 Å². The number of thiophene rings is 1. The van der Waals surface area contributed by atoms with Crippen molar-refractivity contribution in [2.75, 3.05) is 0 Å². The maximum absolute atomic E-state index is 11.4. The maximum atomic E-state index is 11.4. The van der Waals surface area contributed by atoms with Gasteiger partial charge < -0.3 is 0 Å². The van der Waals surface area contributed by atoms with E-state index in [0.29, 0.717) is 0 Å². The Morgan fingerprint density at radius 3 is 2.14 bits per heavy atom. The van der Waals surface area contributed by atoms with E-state index in [1.807, 2.05) is 0 Å². The molecule has 0 saturated heterocycles. The lowest BCUT2D eigenvalue weighted by Crippen LogP contribution is -2.22. The van der Waals surface area contributed by atoms with Crippen LogP contribution < -0.4 is 0 Å². The molecule has 0 bridgehead atoms. The first-order valence-corrected chi connectivity index (χ1v) is 8.00. The average Bonchev–Trinajstić information content (AvgIpc) is 2.55. The van der Waals surface area contributed by atoms with E-state index < -0.39 is 17.9 Å². The van der Waals surface area contributed by atoms with Gasteiger partial charge in [-0.15, -0.1) is 0 Å². The second-order valence-electron chi connectivity index (χ2n) is 2.04. The molecule has 0 radical (unpaired) electrons. The van der Waals surface area contributed by atoms with Crippen LogP contribution in [0.4, 0.5) is 0 Å². The molecule has 1 aromatic rings. The van der Waals surface area contributed by atoms with Gasteiger partial charge in [0.15, 0.2) is 0 Å². The third kappa shape index (κ3) is 1.90. The summed E-state index contributed by atoms with van der Waals surface area (Å²) in [5, 5.41) is 2.60. The summed E-state index contributed by atoms with van der Waals surface area (Å²) in [6.45, 7) is 0. The van der Waals surface area contributed by atoms with Crippen molar-refractivity contribution >= 4 is 52.8 Å². The fourth-order valence-electron chi connectivity index (χ4n) is 0.590. The zero-order valence-corrected chi connectivity index (χ0v) is 10.3. The summed E-state index contributed by atoms with van der Waals surface area (Å²) in [6.07, 6.45) is 0. The molecule has 1 heterocycles. The van der Waals surface area contributed by atoms with E-state index in [1.54, 1.807) is 0 Å². The topological polar surface area (TPSA) is 71.5 Å². The van der Waals surface area contributed by atoms with Gasteiger partial charge in [0, 0.05) is 28.9 Å². The van der Waals surface area contributed by atoms with Crippen LogP contribution in [-0.2, 0) is 17.9 Å². The van der Waals surface area contributed by atoms with Gasteiger partial charge in [0.1, 0.15) is 0 Å². The fourth-order valence-corrected chi connectivity index (χ4v) is 5.49. The molecule has 0 unspecified atom stereocenters. The van der Waals surface area contributed by atoms with Gasteiger partial charge in [0.2, 0.25) is 0 Å². The number of halogens is 2. The molecule has 14 heavy (non-hydrogen) atoms. The van der Waals surface area contributed by atoms with Crippen LogP contribution in [0.3, 0.4) is 0 Å². The van der Waals surface area contributed by atoms with Gasteiger partial charge in [-0.1, -0.05) is 0 Å². The molecule has 1 aromatic heterocycles. The molecule has 0 atom stereocenters. The minimum absolute atomic E-state index is 0.353. The van der Waals surface area contributed by atoms with Crippen molar-refractivity contribution in [1.82, 2.24) is 3.34 Å². The molecule has 0 aliphatic carbocycles. The van der Waals surface area contributed by atoms with Crippen molar-refractivity contribution < 1.29 is 16.8 Å². The van der Waals surface area contributed by atoms with Gasteiger partial charge in [0.25, 0.3) is 8.87 Å². The Balaban J connectivity index is 3.38. The monoisotopic (exact) mass is 295 g/mol. The molecule has 0 aromatic carbocycles. The molecule has 0 aliphatic rings. The molecule has 0 aliphatic heterocycles. The van der Waals surface area contributed by atoms with Crippen molar-refractivity contribution in [3.63, 3.8) is 0 Å². The molecule has 5 nitrogen and oxygen atoms in total. The summed E-state index contributed by atoms with van der Waals surface area (Å²) < 4.78 is 44.6. The predicted molar refractivity (Wildman–Crippen MR) is 54.0 cm³/mol. The number of nitrogens with zero attached hydrogens (tertiary/aromatic N) is 1. The highest BCUT2D eigenvalue weighted by molar-refractivity contribution is 8.66. The van der Waals surface area contributed by atoms with E-state index >= 15 is 0 Å². The number of hydrogen-bond donors (Lipinski definition) is 0. The molecule has 1 rings (SSSR count). The molecule has 0 fully saturated rings. The second kappa shape index (κ2) is 3.95. The molecule has 10 heteroatoms. The van der Waals surface area contributed by atoms with Gasteiger partial charge >= 0.3 is 9.06 Å². The summed E-state index contributed by atoms with van der Waals surface area (Å²) in [5.74, 6) is 0. The van der Waals surface area contributed by atoms with E-state index in [2.05, 4.69) is 0 Å². The van der Waals surface area contributed by atoms with Crippen LogP contribution in [0.5, 0.6) is 0 Å². The zero-order valence-electron chi connectivity index (χ0n) is 6.29. The van der Waals surface area contributed by atoms with Gasteiger partial charge in [-0.05, 0) is 14.8 Å². The minimum atomic E-state index is -4.76. The van der Waals surface area contributed by atoms with Crippen molar-refractivity contribution in [2.45, 2.75) is 4.90 Å². The van der Waals surface area contributed by atoms with Crippen LogP contribution in [0.15, 0.2) is 21.7 Å². The molecular weight excluding hydrogens is 293 g/mol. The molecule has 0 amide bonds. The highest BCUT2D eigenvalue weighted by Crippen LogP contribution is 2.24. The van der Waals surface area contributed by atoms with Crippen LogP contribution >= 0.6 is 34.9 Å². The summed E-state index contributed by atoms with van der Waals surface area (Å²) in [6, 6.07) is 1.15. The predicted octanol–water partition coefficient (Wildman–Crippen LogP) is 1.38. The first-order valence-electron chi connectivity index (χ1n) is 2.94. The Kier molecular flexibility index (Phi) is 3.45. The lowest BCUT2D eigenvalue weighted by molar-refractivity contribution is 0.572. The van der Waals surface area contributed by atoms with E-state index in [-0.39, 0.29) is 8.24 Å². The Morgan fingerprint density at radius 1 is 1.21 bits per heavy atom. The lowest BCUT2D eigenvalue weighted by Gasteiger charge is -2.04. The van der Waals surface area contributed by atoms with Crippen LogP contribution in [0.25, 0.3) is 0 Å². The summed E-state index contributed by atoms with van der Waals surface area (Å²) >= 11 is 10.9. The normalized spacial score (nSPS) is 13.4. The second-order valence-corrected chi connectivity index (χ2v) is 9.25. The van der Waals surface area contributed by atoms with Crippen molar-refractivity contribution in [3.05, 3.63) is 16.8 Å². The third-order valence-electron chi connectivity index (χ3n) is 1.23. The van der Waals surface area contributed by atoms with E-state index in [0.717, 1.165) is 17.4 Å². The van der Waals surface area contributed by atoms with Crippen LogP contribution in [0.1, 0.15) is 0 Å². The molecular formula is C4H3Cl2NO4S3. The number of hydrogen-bond acceptors (Lipinski definition) is 5. The first-order chi connectivity index (χ1) is 6.30. The smallest absolute Gasteiger partial charge is 0.206 e. The lowest BCUT2D eigenvalue weighted by atomic mass is 10.7. The highest BCUT2D eigenvalue weighted by atomic mass is 35.5. The Labute approximate surface area is 94.4 Å². The summed E-state index contributed by atoms with van der Waals surface area (Å²) in [7, 11) is -9.31. The standard InChI is InChI=1S/C4H3Cl2NO4S3/c5-7(6)14(10,11)13(8,9)4-1-2-12-3-4/h1-3H. The first kappa shape index (κ1) is 12.2. The van der Waals surface area contributed by atoms with Gasteiger partial charge in [-0.2, -0.15) is 19.8 Å². The molecule has 80 valence electrons. The van der Waals surface area contributed by atoms with E-state index in [9.17, 15) is 16.8 Å². The van der Waals surface area contributed by atoms with Gasteiger partial charge in [0.05, 0.1) is 4.90 Å². The van der Waals surface area contributed by atoms with Crippen molar-refractivity contribution in [1.29, 1.82) is 0 Å². The SMILES string of the molecule is O=S(=O)(c1ccsc1)S(=O)(=O)N(Cl)Cl. The minimum Gasteiger partial charge on any atom is -0.206 e. The summed E-state index contributed by atoms with van der Waals surface area (Å²) in [5.41, 5.74) is 0. The number of rotatable bonds is 3. The molecule has 0 N–H and O–H groups in total. The van der Waals surface area contributed by atoms with Gasteiger partial charge in [-0.25, -0.2) is 8.42 Å². The zero-order chi connectivity index (χ0) is 11.0. The largest absolute Gasteiger partial charge is 0.351 e. The Morgan fingerprint density at radius 2 is 1.79 bits per heavy atom. The maximum Gasteiger partial charge on any atom is 0.351 e. The van der Waals surface area contributed by atoms with Crippen molar-refractivity contribution in [2.24, 2.45) is 0 Å². The Bertz CT molecular complexity index is 503. The van der Waals surface area contributed by atoms with E-state index in [1.165, 1.54) is 10.8 Å². The van der Waals surface area contributed by atoms with E-state index in [4.69, 9.17) is 23.6 Å². The average molecular weight is 296 g/mol. The van der Waals surface area contributed by atoms with Crippen LogP contribution in [0, 0.1) is 0 Å². The molecule has 0 saturated carbocycles. The van der Waals surface area contributed by atoms with Crippen LogP contribution in [0.2, 0.25) is 0 Å². The molecule has 0 spiro atoms. The highest BCUT2D eigenvalue weighted by Gasteiger charge is 2.37. The fraction of sp³-hybridized carbons (Fsp3) is 0. The third-order valence-corrected chi connectivity index (χ3v) is 8.06. The summed E-state index contributed by atoms with van der Waals surface area (Å²) in [4.78, 5) is -0.353. The Hall–Kier alpha value is 0.140. The van der Waals surface area contributed by atoms with Crippen LogP contribution in [-0.4, -0.2) is 20.2 Å². The van der Waals surface area contributed by atoms with Gasteiger partial charge in [-0.3, -0.25) is 0 Å². The quantitative estimate of drug-likeness (QED) is 0.624.